The van der Waals surface area contributed by atoms with E-state index < -0.39 is 11.5 Å². The van der Waals surface area contributed by atoms with Gasteiger partial charge in [-0.05, 0) is 107 Å². The van der Waals surface area contributed by atoms with Gasteiger partial charge in [0.25, 0.3) is 5.91 Å². The number of carbonyl (C=O) groups is 1. The third-order valence-electron chi connectivity index (χ3n) is 7.74. The number of nitrogens with zero attached hydrogens (tertiary/aromatic N) is 2. The molecule has 4 rings (SSSR count). The average molecular weight is 483 g/mol. The van der Waals surface area contributed by atoms with Crippen LogP contribution in [0.4, 0.5) is 8.78 Å². The molecule has 0 aromatic heterocycles. The van der Waals surface area contributed by atoms with Gasteiger partial charge in [0.1, 0.15) is 11.5 Å². The molecular weight excluding hydrogens is 442 g/mol. The minimum Gasteiger partial charge on any atom is -0.336 e. The highest BCUT2D eigenvalue weighted by Crippen LogP contribution is 2.28. The number of halogens is 2. The van der Waals surface area contributed by atoms with E-state index in [0.717, 1.165) is 75.7 Å². The quantitative estimate of drug-likeness (QED) is 0.409. The van der Waals surface area contributed by atoms with Crippen molar-refractivity contribution >= 4 is 5.91 Å². The first-order chi connectivity index (χ1) is 16.7. The molecule has 5 heteroatoms. The van der Waals surface area contributed by atoms with Crippen LogP contribution >= 0.6 is 0 Å². The van der Waals surface area contributed by atoms with Gasteiger partial charge >= 0.3 is 0 Å². The Balaban J connectivity index is 1.31. The number of aryl methyl sites for hydroxylation is 1. The van der Waals surface area contributed by atoms with Crippen LogP contribution in [0.15, 0.2) is 42.5 Å². The number of amides is 1. The molecule has 2 aromatic carbocycles. The number of likely N-dealkylation sites (tertiary alicyclic amines) is 2. The highest BCUT2D eigenvalue weighted by molar-refractivity contribution is 5.95. The third-order valence-corrected chi connectivity index (χ3v) is 7.74. The van der Waals surface area contributed by atoms with Crippen LogP contribution in [0.5, 0.6) is 0 Å². The largest absolute Gasteiger partial charge is 0.336 e. The molecule has 2 aromatic rings. The number of piperidine rings is 1. The molecule has 2 heterocycles. The lowest BCUT2D eigenvalue weighted by atomic mass is 9.90. The van der Waals surface area contributed by atoms with Gasteiger partial charge in [-0.1, -0.05) is 37.3 Å². The van der Waals surface area contributed by atoms with Crippen molar-refractivity contribution in [3.05, 3.63) is 59.4 Å². The first-order valence-corrected chi connectivity index (χ1v) is 13.3. The summed E-state index contributed by atoms with van der Waals surface area (Å²) in [6.07, 6.45) is 7.35. The van der Waals surface area contributed by atoms with Gasteiger partial charge in [-0.15, -0.1) is 0 Å². The van der Waals surface area contributed by atoms with Crippen LogP contribution in [0.2, 0.25) is 0 Å². The smallest absolute Gasteiger partial charge is 0.257 e. The van der Waals surface area contributed by atoms with Gasteiger partial charge in [0.2, 0.25) is 0 Å². The lowest BCUT2D eigenvalue weighted by molar-refractivity contribution is 0.0729. The summed E-state index contributed by atoms with van der Waals surface area (Å²) in [7, 11) is 0. The summed E-state index contributed by atoms with van der Waals surface area (Å²) >= 11 is 0. The van der Waals surface area contributed by atoms with Gasteiger partial charge in [0, 0.05) is 19.1 Å². The minimum absolute atomic E-state index is 0.173. The highest BCUT2D eigenvalue weighted by atomic mass is 19.1. The summed E-state index contributed by atoms with van der Waals surface area (Å²) in [6.45, 7) is 8.60. The summed E-state index contributed by atoms with van der Waals surface area (Å²) < 4.78 is 28.8. The van der Waals surface area contributed by atoms with Crippen molar-refractivity contribution in [1.29, 1.82) is 0 Å². The second-order valence-corrected chi connectivity index (χ2v) is 11.1. The predicted molar refractivity (Wildman–Crippen MR) is 139 cm³/mol. The molecule has 35 heavy (non-hydrogen) atoms. The normalized spacial score (nSPS) is 19.9. The van der Waals surface area contributed by atoms with E-state index >= 15 is 0 Å². The molecule has 0 aliphatic carbocycles. The van der Waals surface area contributed by atoms with Crippen LogP contribution in [-0.4, -0.2) is 53.6 Å². The molecule has 1 unspecified atom stereocenters. The molecule has 190 valence electrons. The number of benzene rings is 2. The molecule has 2 fully saturated rings. The first-order valence-electron chi connectivity index (χ1n) is 13.3. The van der Waals surface area contributed by atoms with E-state index in [0.29, 0.717) is 12.5 Å². The van der Waals surface area contributed by atoms with E-state index in [1.807, 2.05) is 23.1 Å². The monoisotopic (exact) mass is 482 g/mol. The lowest BCUT2D eigenvalue weighted by Crippen LogP contribution is -2.41. The first kappa shape index (κ1) is 25.8. The van der Waals surface area contributed by atoms with Crippen molar-refractivity contribution in [2.75, 3.05) is 26.2 Å². The zero-order valence-corrected chi connectivity index (χ0v) is 21.5. The van der Waals surface area contributed by atoms with E-state index in [1.54, 1.807) is 19.9 Å². The van der Waals surface area contributed by atoms with E-state index in [9.17, 15) is 13.6 Å². The summed E-state index contributed by atoms with van der Waals surface area (Å²) in [5.41, 5.74) is 2.09. The average Bonchev–Trinajstić information content (AvgIpc) is 3.31. The van der Waals surface area contributed by atoms with Crippen LogP contribution < -0.4 is 0 Å². The second kappa shape index (κ2) is 11.2. The summed E-state index contributed by atoms with van der Waals surface area (Å²) in [5, 5.41) is 0. The van der Waals surface area contributed by atoms with E-state index in [4.69, 9.17) is 0 Å². The Labute approximate surface area is 209 Å². The zero-order valence-electron chi connectivity index (χ0n) is 21.5. The molecule has 0 N–H and O–H groups in total. The molecule has 1 amide bonds. The Morgan fingerprint density at radius 1 is 1.00 bits per heavy atom. The summed E-state index contributed by atoms with van der Waals surface area (Å²) in [5.74, 6) is 0.0598. The van der Waals surface area contributed by atoms with Gasteiger partial charge in [0.05, 0.1) is 5.56 Å². The Hall–Kier alpha value is -2.27. The van der Waals surface area contributed by atoms with Crippen LogP contribution in [0, 0.1) is 11.7 Å². The molecule has 1 atom stereocenters. The molecule has 2 aliphatic heterocycles. The predicted octanol–water partition coefficient (Wildman–Crippen LogP) is 6.90. The SMILES string of the molecule is CCC1CCCN1C(=O)c1ccc(-c2ccc(CCC3CCN(CC(C)(C)F)CC3)cc2)cc1F. The lowest BCUT2D eigenvalue weighted by Gasteiger charge is -2.34. The fraction of sp³-hybridized carbons (Fsp3) is 0.567. The molecular formula is C30H40F2N2O. The molecule has 0 radical (unpaired) electrons. The Kier molecular flexibility index (Phi) is 8.26. The maximum Gasteiger partial charge on any atom is 0.257 e. The van der Waals surface area contributed by atoms with E-state index in [2.05, 4.69) is 24.0 Å². The maximum atomic E-state index is 14.9. The molecule has 3 nitrogen and oxygen atoms in total. The number of carbonyl (C=O) groups excluding carboxylic acids is 1. The Bertz CT molecular complexity index is 990. The van der Waals surface area contributed by atoms with Crippen LogP contribution in [0.25, 0.3) is 11.1 Å². The van der Waals surface area contributed by atoms with Crippen molar-refractivity contribution in [3.63, 3.8) is 0 Å². The van der Waals surface area contributed by atoms with Crippen LogP contribution in [-0.2, 0) is 6.42 Å². The number of hydrogen-bond donors (Lipinski definition) is 0. The minimum atomic E-state index is -1.13. The highest BCUT2D eigenvalue weighted by Gasteiger charge is 2.29. The van der Waals surface area contributed by atoms with Crippen molar-refractivity contribution in [3.8, 4) is 11.1 Å². The molecule has 0 saturated carbocycles. The van der Waals surface area contributed by atoms with Gasteiger partial charge in [-0.25, -0.2) is 8.78 Å². The number of alkyl halides is 1. The summed E-state index contributed by atoms with van der Waals surface area (Å²) in [6, 6.07) is 13.6. The van der Waals surface area contributed by atoms with Gasteiger partial charge < -0.3 is 9.80 Å². The van der Waals surface area contributed by atoms with Gasteiger partial charge in [-0.3, -0.25) is 4.79 Å². The molecule has 0 spiro atoms. The van der Waals surface area contributed by atoms with Crippen molar-refractivity contribution in [2.24, 2.45) is 5.92 Å². The van der Waals surface area contributed by atoms with Crippen molar-refractivity contribution < 1.29 is 13.6 Å². The van der Waals surface area contributed by atoms with Crippen molar-refractivity contribution in [1.82, 2.24) is 9.80 Å². The third kappa shape index (κ3) is 6.69. The van der Waals surface area contributed by atoms with Crippen molar-refractivity contribution in [2.45, 2.75) is 77.4 Å². The number of hydrogen-bond acceptors (Lipinski definition) is 2. The Morgan fingerprint density at radius 2 is 1.69 bits per heavy atom. The Morgan fingerprint density at radius 3 is 2.31 bits per heavy atom. The topological polar surface area (TPSA) is 23.6 Å². The fourth-order valence-corrected chi connectivity index (χ4v) is 5.75. The molecule has 0 bridgehead atoms. The molecule has 2 aliphatic rings. The summed E-state index contributed by atoms with van der Waals surface area (Å²) in [4.78, 5) is 17.0. The van der Waals surface area contributed by atoms with Gasteiger partial charge in [-0.2, -0.15) is 0 Å². The number of rotatable bonds is 8. The second-order valence-electron chi connectivity index (χ2n) is 11.1. The zero-order chi connectivity index (χ0) is 25.0. The van der Waals surface area contributed by atoms with Crippen LogP contribution in [0.3, 0.4) is 0 Å². The van der Waals surface area contributed by atoms with Crippen LogP contribution in [0.1, 0.15) is 75.2 Å². The van der Waals surface area contributed by atoms with E-state index in [1.165, 1.54) is 11.6 Å². The van der Waals surface area contributed by atoms with Gasteiger partial charge in [0.15, 0.2) is 0 Å². The standard InChI is InChI=1S/C30H40F2N2O/c1-4-26-6-5-17-34(26)29(35)27-14-13-25(20-28(27)31)24-11-9-22(10-12-24)7-8-23-15-18-33(19-16-23)21-30(2,3)32/h9-14,20,23,26H,4-8,15-19,21H2,1-3H3. The van der Waals surface area contributed by atoms with E-state index in [-0.39, 0.29) is 17.5 Å². The molecule has 2 saturated heterocycles. The maximum absolute atomic E-state index is 14.9. The fourth-order valence-electron chi connectivity index (χ4n) is 5.75.